The van der Waals surface area contributed by atoms with E-state index in [2.05, 4.69) is 5.32 Å². The van der Waals surface area contributed by atoms with Crippen molar-refractivity contribution in [2.75, 3.05) is 37.6 Å². The van der Waals surface area contributed by atoms with E-state index in [0.29, 0.717) is 22.9 Å². The molecule has 2 aromatic carbocycles. The van der Waals surface area contributed by atoms with Gasteiger partial charge in [-0.15, -0.1) is 0 Å². The van der Waals surface area contributed by atoms with Gasteiger partial charge in [0.05, 0.1) is 30.7 Å². The van der Waals surface area contributed by atoms with Crippen molar-refractivity contribution in [2.24, 2.45) is 5.92 Å². The number of amides is 2. The Morgan fingerprint density at radius 1 is 1.16 bits per heavy atom. The summed E-state index contributed by atoms with van der Waals surface area (Å²) in [5, 5.41) is 13.4. The van der Waals surface area contributed by atoms with E-state index in [1.165, 1.54) is 43.4 Å². The molecular weight excluding hydrogens is 422 g/mol. The molecule has 1 fully saturated rings. The number of non-ortho nitro benzene ring substituents is 1. The molecule has 0 radical (unpaired) electrons. The zero-order valence-corrected chi connectivity index (χ0v) is 17.4. The summed E-state index contributed by atoms with van der Waals surface area (Å²) in [4.78, 5) is 48.5. The van der Waals surface area contributed by atoms with Crippen LogP contribution in [-0.2, 0) is 19.1 Å². The van der Waals surface area contributed by atoms with Crippen molar-refractivity contribution in [1.29, 1.82) is 0 Å². The molecule has 1 aliphatic rings. The first kappa shape index (κ1) is 22.5. The molecular formula is C21H21N3O8. The van der Waals surface area contributed by atoms with Gasteiger partial charge in [0.15, 0.2) is 6.61 Å². The van der Waals surface area contributed by atoms with Crippen molar-refractivity contribution in [3.05, 3.63) is 52.6 Å². The predicted molar refractivity (Wildman–Crippen MR) is 113 cm³/mol. The SMILES string of the molecule is COc1ccc(OC)c(NC(=O)COC(=O)[C@H]2CC(=O)N(c3ccc([N+](=O)[O-])cc3)C2)c1. The fourth-order valence-electron chi connectivity index (χ4n) is 3.22. The minimum absolute atomic E-state index is 0.0564. The maximum absolute atomic E-state index is 12.4. The quantitative estimate of drug-likeness (QED) is 0.372. The van der Waals surface area contributed by atoms with Crippen LogP contribution in [0.2, 0.25) is 0 Å². The van der Waals surface area contributed by atoms with Gasteiger partial charge in [-0.2, -0.15) is 0 Å². The van der Waals surface area contributed by atoms with Crippen LogP contribution in [0.25, 0.3) is 0 Å². The van der Waals surface area contributed by atoms with Crippen molar-refractivity contribution < 1.29 is 33.5 Å². The second-order valence-corrected chi connectivity index (χ2v) is 6.90. The summed E-state index contributed by atoms with van der Waals surface area (Å²) in [5.41, 5.74) is 0.696. The average molecular weight is 443 g/mol. The van der Waals surface area contributed by atoms with E-state index in [4.69, 9.17) is 14.2 Å². The number of hydrogen-bond acceptors (Lipinski definition) is 8. The third kappa shape index (κ3) is 5.12. The van der Waals surface area contributed by atoms with E-state index in [9.17, 15) is 24.5 Å². The lowest BCUT2D eigenvalue weighted by Gasteiger charge is -2.16. The molecule has 32 heavy (non-hydrogen) atoms. The normalized spacial score (nSPS) is 15.2. The van der Waals surface area contributed by atoms with Crippen LogP contribution in [0, 0.1) is 16.0 Å². The highest BCUT2D eigenvalue weighted by molar-refractivity contribution is 6.00. The van der Waals surface area contributed by atoms with Gasteiger partial charge in [0, 0.05) is 36.9 Å². The lowest BCUT2D eigenvalue weighted by Crippen LogP contribution is -2.28. The summed E-state index contributed by atoms with van der Waals surface area (Å²) in [7, 11) is 2.93. The van der Waals surface area contributed by atoms with Gasteiger partial charge in [0.1, 0.15) is 11.5 Å². The van der Waals surface area contributed by atoms with Crippen LogP contribution in [0.1, 0.15) is 6.42 Å². The molecule has 0 bridgehead atoms. The highest BCUT2D eigenvalue weighted by Gasteiger charge is 2.36. The van der Waals surface area contributed by atoms with Crippen molar-refractivity contribution in [1.82, 2.24) is 0 Å². The second-order valence-electron chi connectivity index (χ2n) is 6.90. The Hall–Kier alpha value is -4.15. The van der Waals surface area contributed by atoms with E-state index in [1.54, 1.807) is 18.2 Å². The summed E-state index contributed by atoms with van der Waals surface area (Å²) in [6, 6.07) is 10.3. The van der Waals surface area contributed by atoms with Gasteiger partial charge in [0.2, 0.25) is 5.91 Å². The minimum atomic E-state index is -0.753. The molecule has 2 aromatic rings. The fourth-order valence-corrected chi connectivity index (χ4v) is 3.22. The molecule has 1 N–H and O–H groups in total. The monoisotopic (exact) mass is 443 g/mol. The van der Waals surface area contributed by atoms with Crippen LogP contribution < -0.4 is 19.7 Å². The van der Waals surface area contributed by atoms with E-state index >= 15 is 0 Å². The van der Waals surface area contributed by atoms with Gasteiger partial charge in [-0.25, -0.2) is 0 Å². The Labute approximate surface area is 183 Å². The maximum atomic E-state index is 12.4. The molecule has 11 heteroatoms. The summed E-state index contributed by atoms with van der Waals surface area (Å²) in [6.45, 7) is -0.484. The van der Waals surface area contributed by atoms with Gasteiger partial charge in [0.25, 0.3) is 11.6 Å². The van der Waals surface area contributed by atoms with Gasteiger partial charge < -0.3 is 24.4 Å². The van der Waals surface area contributed by atoms with Crippen molar-refractivity contribution >= 4 is 34.8 Å². The van der Waals surface area contributed by atoms with E-state index in [0.717, 1.165) is 0 Å². The van der Waals surface area contributed by atoms with Crippen LogP contribution in [0.15, 0.2) is 42.5 Å². The Morgan fingerprint density at radius 2 is 1.88 bits per heavy atom. The number of ether oxygens (including phenoxy) is 3. The third-order valence-corrected chi connectivity index (χ3v) is 4.86. The highest BCUT2D eigenvalue weighted by Crippen LogP contribution is 2.29. The molecule has 2 amide bonds. The summed E-state index contributed by atoms with van der Waals surface area (Å²) >= 11 is 0. The molecule has 1 aliphatic heterocycles. The second kappa shape index (κ2) is 9.77. The summed E-state index contributed by atoms with van der Waals surface area (Å²) in [5.74, 6) is -1.42. The first-order valence-electron chi connectivity index (χ1n) is 9.55. The topological polar surface area (TPSA) is 137 Å². The van der Waals surface area contributed by atoms with Gasteiger partial charge >= 0.3 is 5.97 Å². The molecule has 168 valence electrons. The van der Waals surface area contributed by atoms with Crippen LogP contribution in [0.4, 0.5) is 17.1 Å². The molecule has 1 atom stereocenters. The molecule has 0 saturated carbocycles. The number of nitrogens with one attached hydrogen (secondary N) is 1. The van der Waals surface area contributed by atoms with Gasteiger partial charge in [-0.05, 0) is 24.3 Å². The van der Waals surface area contributed by atoms with Crippen LogP contribution in [0.3, 0.4) is 0 Å². The number of nitro benzene ring substituents is 1. The predicted octanol–water partition coefficient (Wildman–Crippen LogP) is 2.15. The lowest BCUT2D eigenvalue weighted by molar-refractivity contribution is -0.384. The number of esters is 1. The molecule has 3 rings (SSSR count). The number of carbonyl (C=O) groups is 3. The number of methoxy groups -OCH3 is 2. The number of nitro groups is 1. The molecule has 0 unspecified atom stereocenters. The molecule has 1 saturated heterocycles. The number of anilines is 2. The van der Waals surface area contributed by atoms with Crippen LogP contribution in [0.5, 0.6) is 11.5 Å². The third-order valence-electron chi connectivity index (χ3n) is 4.86. The van der Waals surface area contributed by atoms with Gasteiger partial charge in [-0.3, -0.25) is 24.5 Å². The number of benzene rings is 2. The maximum Gasteiger partial charge on any atom is 0.311 e. The zero-order valence-electron chi connectivity index (χ0n) is 17.4. The lowest BCUT2D eigenvalue weighted by atomic mass is 10.1. The number of rotatable bonds is 8. The smallest absolute Gasteiger partial charge is 0.311 e. The van der Waals surface area contributed by atoms with E-state index in [-0.39, 0.29) is 24.6 Å². The zero-order chi connectivity index (χ0) is 23.3. The van der Waals surface area contributed by atoms with Crippen molar-refractivity contribution in [3.63, 3.8) is 0 Å². The number of hydrogen-bond donors (Lipinski definition) is 1. The molecule has 11 nitrogen and oxygen atoms in total. The van der Waals surface area contributed by atoms with Crippen molar-refractivity contribution in [2.45, 2.75) is 6.42 Å². The summed E-state index contributed by atoms with van der Waals surface area (Å²) in [6.07, 6.45) is -0.0822. The van der Waals surface area contributed by atoms with E-state index < -0.39 is 29.3 Å². The fraction of sp³-hybridized carbons (Fsp3) is 0.286. The highest BCUT2D eigenvalue weighted by atomic mass is 16.6. The van der Waals surface area contributed by atoms with Crippen molar-refractivity contribution in [3.8, 4) is 11.5 Å². The largest absolute Gasteiger partial charge is 0.497 e. The molecule has 0 spiro atoms. The van der Waals surface area contributed by atoms with Crippen LogP contribution in [-0.4, -0.2) is 50.1 Å². The Kier molecular flexibility index (Phi) is 6.88. The molecule has 0 aromatic heterocycles. The molecule has 0 aliphatic carbocycles. The first-order valence-corrected chi connectivity index (χ1v) is 9.55. The van der Waals surface area contributed by atoms with Crippen LogP contribution >= 0.6 is 0 Å². The molecule has 1 heterocycles. The van der Waals surface area contributed by atoms with Gasteiger partial charge in [-0.1, -0.05) is 0 Å². The first-order chi connectivity index (χ1) is 15.3. The Balaban J connectivity index is 1.56. The minimum Gasteiger partial charge on any atom is -0.497 e. The standard InChI is InChI=1S/C21H21N3O8/c1-30-16-7-8-18(31-2)17(10-16)22-19(25)12-32-21(27)13-9-20(26)23(11-13)14-3-5-15(6-4-14)24(28)29/h3-8,10,13H,9,11-12H2,1-2H3,(H,22,25)/t13-/m0/s1. The Bertz CT molecular complexity index is 1040. The van der Waals surface area contributed by atoms with E-state index in [1.807, 2.05) is 0 Å². The number of carbonyl (C=O) groups excluding carboxylic acids is 3. The number of nitrogens with zero attached hydrogens (tertiary/aromatic N) is 2. The average Bonchev–Trinajstić information content (AvgIpc) is 3.19. The Morgan fingerprint density at radius 3 is 2.50 bits per heavy atom. The summed E-state index contributed by atoms with van der Waals surface area (Å²) < 4.78 is 15.4.